The standard InChI is InChI=1S/C16H24N2O5/c1-5-22-15(21)12(18-17)9-10-6-7-13(19)11(8-10)14(20)23-16(2,3)4/h6-8,12,18-19H,5,9,17H2,1-4H3/t12-/m0/s1. The van der Waals surface area contributed by atoms with Crippen LogP contribution >= 0.6 is 0 Å². The van der Waals surface area contributed by atoms with Crippen LogP contribution in [0.1, 0.15) is 43.6 Å². The van der Waals surface area contributed by atoms with Crippen molar-refractivity contribution < 1.29 is 24.2 Å². The van der Waals surface area contributed by atoms with Crippen molar-refractivity contribution in [2.45, 2.75) is 45.8 Å². The topological polar surface area (TPSA) is 111 Å². The molecule has 1 rings (SSSR count). The van der Waals surface area contributed by atoms with Crippen LogP contribution < -0.4 is 11.3 Å². The molecule has 7 heteroatoms. The van der Waals surface area contributed by atoms with Crippen LogP contribution in [-0.4, -0.2) is 35.3 Å². The van der Waals surface area contributed by atoms with Gasteiger partial charge in [-0.1, -0.05) is 6.07 Å². The van der Waals surface area contributed by atoms with E-state index in [1.165, 1.54) is 12.1 Å². The molecule has 1 atom stereocenters. The Bertz CT molecular complexity index is 566. The number of nitrogens with one attached hydrogen (secondary N) is 1. The van der Waals surface area contributed by atoms with Crippen molar-refractivity contribution in [3.05, 3.63) is 29.3 Å². The van der Waals surface area contributed by atoms with Gasteiger partial charge in [-0.2, -0.15) is 0 Å². The number of rotatable bonds is 6. The fraction of sp³-hybridized carbons (Fsp3) is 0.500. The Labute approximate surface area is 135 Å². The molecule has 0 amide bonds. The Hall–Kier alpha value is -2.12. The Kier molecular flexibility index (Phi) is 6.53. The second kappa shape index (κ2) is 7.94. The summed E-state index contributed by atoms with van der Waals surface area (Å²) in [5.74, 6) is 4.07. The van der Waals surface area contributed by atoms with Gasteiger partial charge in [0.1, 0.15) is 23.0 Å². The van der Waals surface area contributed by atoms with Crippen molar-refractivity contribution in [3.63, 3.8) is 0 Å². The molecular formula is C16H24N2O5. The van der Waals surface area contributed by atoms with E-state index in [1.807, 2.05) is 0 Å². The van der Waals surface area contributed by atoms with E-state index < -0.39 is 23.6 Å². The quantitative estimate of drug-likeness (QED) is 0.411. The zero-order chi connectivity index (χ0) is 17.6. The van der Waals surface area contributed by atoms with E-state index in [0.29, 0.717) is 5.56 Å². The molecular weight excluding hydrogens is 300 g/mol. The molecule has 0 aliphatic rings. The molecule has 7 nitrogen and oxygen atoms in total. The van der Waals surface area contributed by atoms with Gasteiger partial charge < -0.3 is 14.6 Å². The lowest BCUT2D eigenvalue weighted by Crippen LogP contribution is -2.44. The Morgan fingerprint density at radius 3 is 2.52 bits per heavy atom. The van der Waals surface area contributed by atoms with E-state index in [1.54, 1.807) is 33.8 Å². The molecule has 1 aromatic rings. The molecule has 0 saturated carbocycles. The van der Waals surface area contributed by atoms with Crippen LogP contribution in [0, 0.1) is 0 Å². The average Bonchev–Trinajstić information content (AvgIpc) is 2.44. The average molecular weight is 324 g/mol. The van der Waals surface area contributed by atoms with Crippen LogP contribution in [0.3, 0.4) is 0 Å². The van der Waals surface area contributed by atoms with Gasteiger partial charge in [-0.3, -0.25) is 10.6 Å². The zero-order valence-electron chi connectivity index (χ0n) is 13.9. The minimum atomic E-state index is -0.744. The molecule has 0 saturated heterocycles. The summed E-state index contributed by atoms with van der Waals surface area (Å²) in [6.07, 6.45) is 0.214. The van der Waals surface area contributed by atoms with E-state index >= 15 is 0 Å². The van der Waals surface area contributed by atoms with Crippen molar-refractivity contribution in [1.29, 1.82) is 0 Å². The highest BCUT2D eigenvalue weighted by molar-refractivity contribution is 5.93. The summed E-state index contributed by atoms with van der Waals surface area (Å²) in [6.45, 7) is 7.16. The molecule has 0 radical (unpaired) electrons. The number of ether oxygens (including phenoxy) is 2. The Morgan fingerprint density at radius 1 is 1.35 bits per heavy atom. The highest BCUT2D eigenvalue weighted by Gasteiger charge is 2.23. The lowest BCUT2D eigenvalue weighted by atomic mass is 10.0. The van der Waals surface area contributed by atoms with Crippen molar-refractivity contribution in [2.24, 2.45) is 5.84 Å². The summed E-state index contributed by atoms with van der Waals surface area (Å²) in [4.78, 5) is 23.9. The Morgan fingerprint density at radius 2 is 2.00 bits per heavy atom. The van der Waals surface area contributed by atoms with Gasteiger partial charge in [0.2, 0.25) is 0 Å². The van der Waals surface area contributed by atoms with Crippen LogP contribution in [0.5, 0.6) is 5.75 Å². The summed E-state index contributed by atoms with van der Waals surface area (Å²) in [5, 5.41) is 9.85. The highest BCUT2D eigenvalue weighted by Crippen LogP contribution is 2.22. The number of hydrogen-bond donors (Lipinski definition) is 3. The number of aromatic hydroxyl groups is 1. The maximum absolute atomic E-state index is 12.1. The first kappa shape index (κ1) is 18.9. The van der Waals surface area contributed by atoms with Crippen molar-refractivity contribution in [3.8, 4) is 5.75 Å². The number of phenolic OH excluding ortho intramolecular Hbond substituents is 1. The monoisotopic (exact) mass is 324 g/mol. The number of hydrazine groups is 1. The summed E-state index contributed by atoms with van der Waals surface area (Å²) in [7, 11) is 0. The smallest absolute Gasteiger partial charge is 0.342 e. The molecule has 128 valence electrons. The maximum atomic E-state index is 12.1. The SMILES string of the molecule is CCOC(=O)[C@H](Cc1ccc(O)c(C(=O)OC(C)(C)C)c1)NN. The van der Waals surface area contributed by atoms with E-state index in [9.17, 15) is 14.7 Å². The van der Waals surface area contributed by atoms with Gasteiger partial charge >= 0.3 is 11.9 Å². The summed E-state index contributed by atoms with van der Waals surface area (Å²) < 4.78 is 10.2. The van der Waals surface area contributed by atoms with Crippen LogP contribution in [0.4, 0.5) is 0 Å². The fourth-order valence-electron chi connectivity index (χ4n) is 1.90. The lowest BCUT2D eigenvalue weighted by Gasteiger charge is -2.20. The number of benzene rings is 1. The lowest BCUT2D eigenvalue weighted by molar-refractivity contribution is -0.145. The molecule has 1 aromatic carbocycles. The number of carbonyl (C=O) groups is 2. The van der Waals surface area contributed by atoms with Crippen molar-refractivity contribution in [1.82, 2.24) is 5.43 Å². The van der Waals surface area contributed by atoms with Gasteiger partial charge in [-0.25, -0.2) is 10.2 Å². The van der Waals surface area contributed by atoms with Crippen LogP contribution in [-0.2, 0) is 20.7 Å². The molecule has 4 N–H and O–H groups in total. The van der Waals surface area contributed by atoms with Gasteiger partial charge in [-0.15, -0.1) is 0 Å². The molecule has 0 heterocycles. The predicted molar refractivity (Wildman–Crippen MR) is 84.7 cm³/mol. The molecule has 0 bridgehead atoms. The third kappa shape index (κ3) is 5.88. The van der Waals surface area contributed by atoms with E-state index in [2.05, 4.69) is 5.43 Å². The molecule has 0 spiro atoms. The van der Waals surface area contributed by atoms with Gasteiger partial charge in [-0.05, 0) is 51.8 Å². The van der Waals surface area contributed by atoms with Crippen LogP contribution in [0.2, 0.25) is 0 Å². The molecule has 0 aromatic heterocycles. The van der Waals surface area contributed by atoms with E-state index in [4.69, 9.17) is 15.3 Å². The molecule has 0 aliphatic heterocycles. The summed E-state index contributed by atoms with van der Waals surface area (Å²) in [5.41, 5.74) is 2.39. The maximum Gasteiger partial charge on any atom is 0.342 e. The highest BCUT2D eigenvalue weighted by atomic mass is 16.6. The predicted octanol–water partition coefficient (Wildman–Crippen LogP) is 1.28. The molecule has 23 heavy (non-hydrogen) atoms. The van der Waals surface area contributed by atoms with Crippen LogP contribution in [0.25, 0.3) is 0 Å². The summed E-state index contributed by atoms with van der Waals surface area (Å²) >= 11 is 0. The molecule has 0 fully saturated rings. The number of hydrogen-bond acceptors (Lipinski definition) is 7. The zero-order valence-corrected chi connectivity index (χ0v) is 13.9. The molecule has 0 unspecified atom stereocenters. The third-order valence-corrected chi connectivity index (χ3v) is 2.89. The first-order valence-electron chi connectivity index (χ1n) is 7.36. The number of esters is 2. The number of phenols is 1. The number of nitrogens with two attached hydrogens (primary N) is 1. The third-order valence-electron chi connectivity index (χ3n) is 2.89. The minimum Gasteiger partial charge on any atom is -0.507 e. The van der Waals surface area contributed by atoms with Gasteiger partial charge in [0.25, 0.3) is 0 Å². The second-order valence-electron chi connectivity index (χ2n) is 6.03. The van der Waals surface area contributed by atoms with Crippen molar-refractivity contribution in [2.75, 3.05) is 6.61 Å². The van der Waals surface area contributed by atoms with Crippen molar-refractivity contribution >= 4 is 11.9 Å². The van der Waals surface area contributed by atoms with Gasteiger partial charge in [0.15, 0.2) is 0 Å². The minimum absolute atomic E-state index is 0.0389. The molecule has 0 aliphatic carbocycles. The largest absolute Gasteiger partial charge is 0.507 e. The van der Waals surface area contributed by atoms with Gasteiger partial charge in [0, 0.05) is 0 Å². The van der Waals surface area contributed by atoms with Gasteiger partial charge in [0.05, 0.1) is 6.61 Å². The first-order chi connectivity index (χ1) is 10.7. The summed E-state index contributed by atoms with van der Waals surface area (Å²) in [6, 6.07) is 3.72. The Balaban J connectivity index is 2.96. The fourth-order valence-corrected chi connectivity index (χ4v) is 1.90. The van der Waals surface area contributed by atoms with Crippen LogP contribution in [0.15, 0.2) is 18.2 Å². The van der Waals surface area contributed by atoms with E-state index in [0.717, 1.165) is 0 Å². The normalized spacial score (nSPS) is 12.6. The second-order valence-corrected chi connectivity index (χ2v) is 6.03. The first-order valence-corrected chi connectivity index (χ1v) is 7.36. The van der Waals surface area contributed by atoms with E-state index in [-0.39, 0.29) is 24.3 Å². The number of carbonyl (C=O) groups excluding carboxylic acids is 2.